The zero-order chi connectivity index (χ0) is 21.5. The summed E-state index contributed by atoms with van der Waals surface area (Å²) in [4.78, 5) is 23.5. The maximum absolute atomic E-state index is 12.3. The smallest absolute Gasteiger partial charge is 0.226 e. The number of nitrogens with one attached hydrogen (secondary N) is 1. The van der Waals surface area contributed by atoms with E-state index in [0.29, 0.717) is 13.2 Å². The van der Waals surface area contributed by atoms with Crippen molar-refractivity contribution in [2.45, 2.75) is 26.5 Å². The number of hydrogen-bond donors (Lipinski definition) is 1. The Hall–Kier alpha value is -2.97. The van der Waals surface area contributed by atoms with Crippen LogP contribution in [0.2, 0.25) is 0 Å². The van der Waals surface area contributed by atoms with Gasteiger partial charge in [0.25, 0.3) is 0 Å². The molecule has 3 aromatic rings. The number of pyridine rings is 1. The first-order valence-electron chi connectivity index (χ1n) is 10.3. The molecule has 0 unspecified atom stereocenters. The Balaban J connectivity index is 1.21. The van der Waals surface area contributed by atoms with Crippen LogP contribution >= 0.6 is 11.3 Å². The molecule has 3 heterocycles. The summed E-state index contributed by atoms with van der Waals surface area (Å²) in [5.74, 6) is 1.70. The van der Waals surface area contributed by atoms with E-state index in [2.05, 4.69) is 20.2 Å². The van der Waals surface area contributed by atoms with Gasteiger partial charge in [0.1, 0.15) is 23.2 Å². The first kappa shape index (κ1) is 21.3. The summed E-state index contributed by atoms with van der Waals surface area (Å²) >= 11 is 1.50. The number of benzene rings is 1. The molecule has 0 spiro atoms. The van der Waals surface area contributed by atoms with Crippen LogP contribution in [0.25, 0.3) is 0 Å². The van der Waals surface area contributed by atoms with Gasteiger partial charge in [0.05, 0.1) is 25.3 Å². The molecule has 162 valence electrons. The van der Waals surface area contributed by atoms with Crippen LogP contribution in [0, 0.1) is 6.92 Å². The maximum Gasteiger partial charge on any atom is 0.226 e. The minimum Gasteiger partial charge on any atom is -0.486 e. The minimum atomic E-state index is -0.0615. The van der Waals surface area contributed by atoms with Crippen molar-refractivity contribution < 1.29 is 14.3 Å². The Labute approximate surface area is 186 Å². The number of thiazole rings is 1. The largest absolute Gasteiger partial charge is 0.486 e. The molecule has 2 aromatic heterocycles. The van der Waals surface area contributed by atoms with Crippen LogP contribution in [0.15, 0.2) is 48.0 Å². The molecule has 31 heavy (non-hydrogen) atoms. The predicted octanol–water partition coefficient (Wildman–Crippen LogP) is 3.12. The monoisotopic (exact) mass is 438 g/mol. The van der Waals surface area contributed by atoms with Gasteiger partial charge in [0.15, 0.2) is 0 Å². The highest BCUT2D eigenvalue weighted by Crippen LogP contribution is 2.17. The highest BCUT2D eigenvalue weighted by atomic mass is 32.1. The van der Waals surface area contributed by atoms with Gasteiger partial charge in [0.2, 0.25) is 5.91 Å². The molecule has 4 rings (SSSR count). The number of carbonyl (C=O) groups excluding carboxylic acids is 1. The summed E-state index contributed by atoms with van der Waals surface area (Å²) in [6, 6.07) is 11.9. The minimum absolute atomic E-state index is 0.0615. The van der Waals surface area contributed by atoms with Gasteiger partial charge < -0.3 is 19.7 Å². The van der Waals surface area contributed by atoms with E-state index in [0.717, 1.165) is 54.1 Å². The summed E-state index contributed by atoms with van der Waals surface area (Å²) < 4.78 is 11.1. The van der Waals surface area contributed by atoms with Crippen LogP contribution in [-0.2, 0) is 29.1 Å². The third kappa shape index (κ3) is 6.26. The van der Waals surface area contributed by atoms with Crippen molar-refractivity contribution >= 4 is 23.1 Å². The van der Waals surface area contributed by atoms with E-state index in [4.69, 9.17) is 9.47 Å². The second-order valence-electron chi connectivity index (χ2n) is 7.41. The Morgan fingerprint density at radius 3 is 2.74 bits per heavy atom. The molecule has 0 saturated carbocycles. The fraction of sp³-hybridized carbons (Fsp3) is 0.348. The second kappa shape index (κ2) is 10.4. The molecule has 1 aliphatic rings. The molecule has 1 fully saturated rings. The number of amides is 1. The highest BCUT2D eigenvalue weighted by Gasteiger charge is 2.12. The van der Waals surface area contributed by atoms with Crippen molar-refractivity contribution in [1.82, 2.24) is 15.3 Å². The highest BCUT2D eigenvalue weighted by molar-refractivity contribution is 7.09. The van der Waals surface area contributed by atoms with Gasteiger partial charge in [-0.15, -0.1) is 11.3 Å². The van der Waals surface area contributed by atoms with Crippen molar-refractivity contribution in [1.29, 1.82) is 0 Å². The summed E-state index contributed by atoms with van der Waals surface area (Å²) in [7, 11) is 0. The lowest BCUT2D eigenvalue weighted by Gasteiger charge is -2.27. The zero-order valence-corrected chi connectivity index (χ0v) is 18.4. The van der Waals surface area contributed by atoms with E-state index in [9.17, 15) is 4.79 Å². The van der Waals surface area contributed by atoms with E-state index < -0.39 is 0 Å². The normalized spacial score (nSPS) is 13.8. The summed E-state index contributed by atoms with van der Waals surface area (Å²) in [6.45, 7) is 6.06. The van der Waals surface area contributed by atoms with Crippen LogP contribution in [0.5, 0.6) is 5.75 Å². The second-order valence-corrected chi connectivity index (χ2v) is 8.35. The third-order valence-electron chi connectivity index (χ3n) is 4.96. The Morgan fingerprint density at radius 1 is 1.19 bits per heavy atom. The van der Waals surface area contributed by atoms with Gasteiger partial charge >= 0.3 is 0 Å². The average Bonchev–Trinajstić information content (AvgIpc) is 3.25. The third-order valence-corrected chi connectivity index (χ3v) is 5.83. The van der Waals surface area contributed by atoms with Gasteiger partial charge in [-0.3, -0.25) is 4.79 Å². The van der Waals surface area contributed by atoms with Gasteiger partial charge in [-0.05, 0) is 30.7 Å². The van der Waals surface area contributed by atoms with Crippen molar-refractivity contribution in [3.8, 4) is 5.75 Å². The first-order valence-corrected chi connectivity index (χ1v) is 11.2. The summed E-state index contributed by atoms with van der Waals surface area (Å²) in [5.41, 5.74) is 2.92. The number of morpholine rings is 1. The number of rotatable bonds is 8. The predicted molar refractivity (Wildman–Crippen MR) is 120 cm³/mol. The molecule has 1 amide bonds. The Bertz CT molecular complexity index is 983. The number of carbonyl (C=O) groups is 1. The van der Waals surface area contributed by atoms with Crippen LogP contribution in [0.1, 0.15) is 21.8 Å². The van der Waals surface area contributed by atoms with Crippen LogP contribution in [0.3, 0.4) is 0 Å². The molecule has 7 nitrogen and oxygen atoms in total. The fourth-order valence-electron chi connectivity index (χ4n) is 3.20. The number of ether oxygens (including phenoxy) is 2. The molecule has 8 heteroatoms. The number of aromatic nitrogens is 2. The SMILES string of the molecule is Cc1ccc(OCc2nc(CC(=O)NCc3ccc(N4CCOCC4)nc3)cs2)cc1. The maximum atomic E-state index is 12.3. The molecule has 0 atom stereocenters. The number of aryl methyl sites for hydroxylation is 1. The van der Waals surface area contributed by atoms with Crippen molar-refractivity contribution in [2.24, 2.45) is 0 Å². The van der Waals surface area contributed by atoms with E-state index in [1.807, 2.05) is 54.9 Å². The topological polar surface area (TPSA) is 76.6 Å². The molecule has 0 radical (unpaired) electrons. The summed E-state index contributed by atoms with van der Waals surface area (Å²) in [6.07, 6.45) is 2.06. The number of nitrogens with zero attached hydrogens (tertiary/aromatic N) is 3. The Morgan fingerprint density at radius 2 is 2.00 bits per heavy atom. The number of hydrogen-bond acceptors (Lipinski definition) is 7. The van der Waals surface area contributed by atoms with E-state index >= 15 is 0 Å². The Kier molecular flexibility index (Phi) is 7.11. The summed E-state index contributed by atoms with van der Waals surface area (Å²) in [5, 5.41) is 5.70. The van der Waals surface area contributed by atoms with Crippen LogP contribution < -0.4 is 15.0 Å². The molecular formula is C23H26N4O3S. The molecule has 0 bridgehead atoms. The average molecular weight is 439 g/mol. The lowest BCUT2D eigenvalue weighted by molar-refractivity contribution is -0.120. The lowest BCUT2D eigenvalue weighted by Crippen LogP contribution is -2.36. The standard InChI is InChI=1S/C23H26N4O3S/c1-17-2-5-20(6-3-17)30-15-23-26-19(16-31-23)12-22(28)25-14-18-4-7-21(24-13-18)27-8-10-29-11-9-27/h2-7,13,16H,8-12,14-15H2,1H3,(H,25,28). The fourth-order valence-corrected chi connectivity index (χ4v) is 3.91. The molecule has 1 aliphatic heterocycles. The van der Waals surface area contributed by atoms with Crippen LogP contribution in [-0.4, -0.2) is 42.2 Å². The van der Waals surface area contributed by atoms with Gasteiger partial charge in [-0.25, -0.2) is 9.97 Å². The van der Waals surface area contributed by atoms with Crippen molar-refractivity contribution in [3.05, 3.63) is 69.8 Å². The molecular weight excluding hydrogens is 412 g/mol. The van der Waals surface area contributed by atoms with Crippen molar-refractivity contribution in [2.75, 3.05) is 31.2 Å². The van der Waals surface area contributed by atoms with Crippen LogP contribution in [0.4, 0.5) is 5.82 Å². The zero-order valence-electron chi connectivity index (χ0n) is 17.5. The first-order chi connectivity index (χ1) is 15.2. The lowest BCUT2D eigenvalue weighted by atomic mass is 10.2. The van der Waals surface area contributed by atoms with Gasteiger partial charge in [-0.1, -0.05) is 23.8 Å². The van der Waals surface area contributed by atoms with E-state index in [-0.39, 0.29) is 12.3 Å². The molecule has 0 aliphatic carbocycles. The van der Waals surface area contributed by atoms with Crippen molar-refractivity contribution in [3.63, 3.8) is 0 Å². The molecule has 1 aromatic carbocycles. The molecule has 1 saturated heterocycles. The van der Waals surface area contributed by atoms with Gasteiger partial charge in [0, 0.05) is 31.2 Å². The van der Waals surface area contributed by atoms with Gasteiger partial charge in [-0.2, -0.15) is 0 Å². The number of anilines is 1. The van der Waals surface area contributed by atoms with E-state index in [1.54, 1.807) is 0 Å². The van der Waals surface area contributed by atoms with E-state index in [1.165, 1.54) is 16.9 Å². The quantitative estimate of drug-likeness (QED) is 0.582. The molecule has 1 N–H and O–H groups in total.